The van der Waals surface area contributed by atoms with E-state index in [9.17, 15) is 34.6 Å². The zero-order valence-electron chi connectivity index (χ0n) is 26.4. The van der Waals surface area contributed by atoms with E-state index in [2.05, 4.69) is 13.0 Å². The fourth-order valence-corrected chi connectivity index (χ4v) is 4.54. The van der Waals surface area contributed by atoms with Gasteiger partial charge >= 0.3 is 17.9 Å². The maximum absolute atomic E-state index is 12.5. The first-order chi connectivity index (χ1) is 22.2. The molecule has 0 aromatic heterocycles. The lowest BCUT2D eigenvalue weighted by atomic mass is 10.1. The number of allylic oxidation sites excluding steroid dienone is 1. The van der Waals surface area contributed by atoms with E-state index in [0.717, 1.165) is 64.2 Å². The molecule has 0 amide bonds. The number of rotatable bonds is 23. The zero-order chi connectivity index (χ0) is 33.6. The van der Waals surface area contributed by atoms with Gasteiger partial charge in [-0.3, -0.25) is 34.6 Å². The molecule has 0 N–H and O–H groups in total. The predicted molar refractivity (Wildman–Crippen MR) is 171 cm³/mol. The van der Waals surface area contributed by atoms with Crippen LogP contribution in [0.5, 0.6) is 11.5 Å². The summed E-state index contributed by atoms with van der Waals surface area (Å²) in [5, 5.41) is 21.5. The number of non-ortho nitro benzene ring substituents is 2. The Morgan fingerprint density at radius 3 is 1.72 bits per heavy atom. The molecule has 0 saturated carbocycles. The summed E-state index contributed by atoms with van der Waals surface area (Å²) in [6, 6.07) is 10.6. The summed E-state index contributed by atoms with van der Waals surface area (Å²) >= 11 is 0. The molecular formula is C34H44N2O10. The van der Waals surface area contributed by atoms with Crippen molar-refractivity contribution in [2.24, 2.45) is 0 Å². The number of hydrogen-bond acceptors (Lipinski definition) is 10. The first-order valence-electron chi connectivity index (χ1n) is 15.9. The van der Waals surface area contributed by atoms with Crippen molar-refractivity contribution in [1.82, 2.24) is 0 Å². The second-order valence-corrected chi connectivity index (χ2v) is 10.9. The van der Waals surface area contributed by atoms with Crippen molar-refractivity contribution in [3.05, 3.63) is 80.9 Å². The van der Waals surface area contributed by atoms with Gasteiger partial charge in [-0.2, -0.15) is 0 Å². The van der Waals surface area contributed by atoms with Crippen LogP contribution in [-0.2, 0) is 19.1 Å². The number of carbonyl (C=O) groups is 3. The molecule has 0 aliphatic heterocycles. The average molecular weight is 641 g/mol. The minimum Gasteiger partial charge on any atom is -0.462 e. The summed E-state index contributed by atoms with van der Waals surface area (Å²) < 4.78 is 16.0. The Balaban J connectivity index is 1.61. The van der Waals surface area contributed by atoms with E-state index >= 15 is 0 Å². The summed E-state index contributed by atoms with van der Waals surface area (Å²) in [4.78, 5) is 57.0. The Hall–Kier alpha value is -4.61. The van der Waals surface area contributed by atoms with E-state index in [0.29, 0.717) is 18.6 Å². The highest BCUT2D eigenvalue weighted by atomic mass is 16.6. The van der Waals surface area contributed by atoms with Gasteiger partial charge in [-0.1, -0.05) is 57.6 Å². The van der Waals surface area contributed by atoms with E-state index < -0.39 is 21.8 Å². The molecule has 0 heterocycles. The lowest BCUT2D eigenvalue weighted by Gasteiger charge is -2.16. The molecule has 250 valence electrons. The van der Waals surface area contributed by atoms with Gasteiger partial charge in [-0.25, -0.2) is 0 Å². The molecule has 2 aromatic rings. The molecule has 2 aromatic carbocycles. The lowest BCUT2D eigenvalue weighted by Crippen LogP contribution is -2.19. The third-order valence-corrected chi connectivity index (χ3v) is 7.09. The van der Waals surface area contributed by atoms with E-state index in [1.54, 1.807) is 0 Å². The van der Waals surface area contributed by atoms with Crippen LogP contribution in [-0.4, -0.2) is 33.9 Å². The quantitative estimate of drug-likeness (QED) is 0.0288. The molecule has 0 unspecified atom stereocenters. The standard InChI is InChI=1S/C34H44N2O10/c1-2-3-4-11-14-29(44-33(38)25-26-34(39)46-31-23-19-28(20-24-31)36(42)43)15-12-9-7-5-6-8-10-13-16-32(37)45-30-21-17-27(18-22-30)35(40)41/h9,12,17-24,29H,2-8,10-11,13-16,25-26H2,1H3/t29-/m1/s1. The molecule has 12 nitrogen and oxygen atoms in total. The van der Waals surface area contributed by atoms with Crippen LogP contribution in [0.1, 0.15) is 103 Å². The van der Waals surface area contributed by atoms with Gasteiger partial charge in [0.05, 0.1) is 22.7 Å². The number of carbonyl (C=O) groups excluding carboxylic acids is 3. The minimum atomic E-state index is -0.618. The Morgan fingerprint density at radius 2 is 1.15 bits per heavy atom. The monoisotopic (exact) mass is 640 g/mol. The molecule has 12 heteroatoms. The lowest BCUT2D eigenvalue weighted by molar-refractivity contribution is -0.385. The van der Waals surface area contributed by atoms with Gasteiger partial charge in [0.15, 0.2) is 0 Å². The zero-order valence-corrected chi connectivity index (χ0v) is 26.4. The summed E-state index contributed by atoms with van der Waals surface area (Å²) in [7, 11) is 0. The van der Waals surface area contributed by atoms with Crippen LogP contribution < -0.4 is 9.47 Å². The van der Waals surface area contributed by atoms with Gasteiger partial charge in [-0.15, -0.1) is 0 Å². The van der Waals surface area contributed by atoms with Crippen LogP contribution in [0.3, 0.4) is 0 Å². The molecule has 0 fully saturated rings. The van der Waals surface area contributed by atoms with Crippen LogP contribution >= 0.6 is 0 Å². The number of nitro groups is 2. The van der Waals surface area contributed by atoms with E-state index in [-0.39, 0.29) is 48.5 Å². The van der Waals surface area contributed by atoms with E-state index in [4.69, 9.17) is 14.2 Å². The number of nitro benzene ring substituents is 2. The molecule has 1 atom stereocenters. The first-order valence-corrected chi connectivity index (χ1v) is 15.9. The van der Waals surface area contributed by atoms with Gasteiger partial charge in [0, 0.05) is 37.1 Å². The Morgan fingerprint density at radius 1 is 0.652 bits per heavy atom. The van der Waals surface area contributed by atoms with Gasteiger partial charge in [0.1, 0.15) is 17.6 Å². The highest BCUT2D eigenvalue weighted by Gasteiger charge is 2.16. The second kappa shape index (κ2) is 22.0. The Bertz CT molecular complexity index is 1280. The number of esters is 3. The number of hydrogen-bond donors (Lipinski definition) is 0. The van der Waals surface area contributed by atoms with Crippen molar-refractivity contribution in [3.8, 4) is 11.5 Å². The third-order valence-electron chi connectivity index (χ3n) is 7.09. The van der Waals surface area contributed by atoms with Crippen LogP contribution in [0.15, 0.2) is 60.7 Å². The largest absolute Gasteiger partial charge is 0.462 e. The maximum Gasteiger partial charge on any atom is 0.311 e. The molecular weight excluding hydrogens is 596 g/mol. The number of benzene rings is 2. The van der Waals surface area contributed by atoms with Crippen molar-refractivity contribution in [3.63, 3.8) is 0 Å². The number of nitrogens with zero attached hydrogens (tertiary/aromatic N) is 2. The number of ether oxygens (including phenoxy) is 3. The molecule has 46 heavy (non-hydrogen) atoms. The van der Waals surface area contributed by atoms with Crippen molar-refractivity contribution >= 4 is 29.3 Å². The average Bonchev–Trinajstić information content (AvgIpc) is 3.03. The smallest absolute Gasteiger partial charge is 0.311 e. The van der Waals surface area contributed by atoms with Gasteiger partial charge in [0.25, 0.3) is 11.4 Å². The summed E-state index contributed by atoms with van der Waals surface area (Å²) in [5.74, 6) is -0.978. The molecule has 0 aliphatic rings. The fourth-order valence-electron chi connectivity index (χ4n) is 4.54. The molecule has 0 spiro atoms. The van der Waals surface area contributed by atoms with Crippen molar-refractivity contribution < 1.29 is 38.4 Å². The first kappa shape index (κ1) is 37.6. The topological polar surface area (TPSA) is 165 Å². The summed E-state index contributed by atoms with van der Waals surface area (Å²) in [6.45, 7) is 2.13. The SMILES string of the molecule is CCCCCC[C@H](CC=CCCCCCCCC(=O)Oc1ccc([N+](=O)[O-])cc1)OC(=O)CCC(=O)Oc1ccc([N+](=O)[O-])cc1. The number of unbranched alkanes of at least 4 members (excludes halogenated alkanes) is 8. The van der Waals surface area contributed by atoms with Crippen LogP contribution in [0.25, 0.3) is 0 Å². The van der Waals surface area contributed by atoms with E-state index in [1.165, 1.54) is 48.5 Å². The van der Waals surface area contributed by atoms with Gasteiger partial charge in [-0.05, 0) is 56.4 Å². The molecule has 0 bridgehead atoms. The Labute approximate surface area is 269 Å². The molecule has 0 aliphatic carbocycles. The van der Waals surface area contributed by atoms with Crippen LogP contribution in [0.4, 0.5) is 11.4 Å². The third kappa shape index (κ3) is 16.5. The van der Waals surface area contributed by atoms with E-state index in [1.807, 2.05) is 6.08 Å². The highest BCUT2D eigenvalue weighted by molar-refractivity contribution is 5.79. The maximum atomic E-state index is 12.5. The van der Waals surface area contributed by atoms with Crippen molar-refractivity contribution in [2.75, 3.05) is 0 Å². The van der Waals surface area contributed by atoms with Crippen molar-refractivity contribution in [1.29, 1.82) is 0 Å². The second-order valence-electron chi connectivity index (χ2n) is 10.9. The van der Waals surface area contributed by atoms with Crippen molar-refractivity contribution in [2.45, 2.75) is 109 Å². The Kier molecular flexibility index (Phi) is 18.0. The fraction of sp³-hybridized carbons (Fsp3) is 0.500. The molecule has 0 radical (unpaired) electrons. The predicted octanol–water partition coefficient (Wildman–Crippen LogP) is 8.35. The van der Waals surface area contributed by atoms with Gasteiger partial charge in [0.2, 0.25) is 0 Å². The van der Waals surface area contributed by atoms with Gasteiger partial charge < -0.3 is 14.2 Å². The van der Waals surface area contributed by atoms with Crippen LogP contribution in [0, 0.1) is 20.2 Å². The minimum absolute atomic E-state index is 0.0583. The summed E-state index contributed by atoms with van der Waals surface area (Å²) in [5.41, 5.74) is -0.170. The molecule has 2 rings (SSSR count). The summed E-state index contributed by atoms with van der Waals surface area (Å²) in [6.07, 6.45) is 15.0. The normalized spacial score (nSPS) is 11.6. The molecule has 0 saturated heterocycles. The highest BCUT2D eigenvalue weighted by Crippen LogP contribution is 2.20. The van der Waals surface area contributed by atoms with Crippen LogP contribution in [0.2, 0.25) is 0 Å².